The zero-order valence-corrected chi connectivity index (χ0v) is 23.1. The monoisotopic (exact) mass is 581 g/mol. The lowest BCUT2D eigenvalue weighted by Gasteiger charge is -2.10. The van der Waals surface area contributed by atoms with E-state index in [1.54, 1.807) is 91.0 Å². The van der Waals surface area contributed by atoms with Crippen molar-refractivity contribution in [1.82, 2.24) is 0 Å². The first-order valence-electron chi connectivity index (χ1n) is 12.4. The van der Waals surface area contributed by atoms with Crippen LogP contribution in [-0.2, 0) is 11.3 Å². The van der Waals surface area contributed by atoms with Gasteiger partial charge in [-0.25, -0.2) is 4.79 Å². The van der Waals surface area contributed by atoms with Crippen LogP contribution < -0.4 is 16.0 Å². The average Bonchev–Trinajstić information content (AvgIpc) is 3.72. The summed E-state index contributed by atoms with van der Waals surface area (Å²) in [5, 5.41) is 12.1. The van der Waals surface area contributed by atoms with E-state index in [4.69, 9.17) is 4.74 Å². The van der Waals surface area contributed by atoms with Gasteiger partial charge in [-0.2, -0.15) is 0 Å². The van der Waals surface area contributed by atoms with Crippen LogP contribution in [0.2, 0.25) is 0 Å². The Morgan fingerprint density at radius 2 is 1.10 bits per heavy atom. The zero-order chi connectivity index (χ0) is 28.6. The molecule has 2 aromatic heterocycles. The second-order valence-electron chi connectivity index (χ2n) is 8.75. The zero-order valence-electron chi connectivity index (χ0n) is 21.5. The Kier molecular flexibility index (Phi) is 8.63. The number of rotatable bonds is 9. The van der Waals surface area contributed by atoms with E-state index in [1.807, 2.05) is 16.8 Å². The van der Waals surface area contributed by atoms with E-state index >= 15 is 0 Å². The number of amides is 3. The first kappa shape index (κ1) is 27.5. The van der Waals surface area contributed by atoms with Crippen LogP contribution in [0.4, 0.5) is 17.1 Å². The molecule has 0 aliphatic rings. The molecule has 10 heteroatoms. The van der Waals surface area contributed by atoms with E-state index in [0.29, 0.717) is 43.5 Å². The first-order chi connectivity index (χ1) is 19.9. The Morgan fingerprint density at radius 3 is 1.63 bits per heavy atom. The lowest BCUT2D eigenvalue weighted by Crippen LogP contribution is -2.13. The SMILES string of the molecule is O=C(Nc1cccc(COC(=O)c2ccc(NC(=O)c3cccs3)cc2)c1)c1ccc(NC(=O)c2cccs2)cc1. The maximum atomic E-state index is 12.8. The fourth-order valence-corrected chi connectivity index (χ4v) is 5.01. The van der Waals surface area contributed by atoms with Gasteiger partial charge in [0.15, 0.2) is 0 Å². The summed E-state index contributed by atoms with van der Waals surface area (Å²) in [6.07, 6.45) is 0. The highest BCUT2D eigenvalue weighted by Crippen LogP contribution is 2.18. The topological polar surface area (TPSA) is 114 Å². The van der Waals surface area contributed by atoms with Crippen molar-refractivity contribution in [2.45, 2.75) is 6.61 Å². The van der Waals surface area contributed by atoms with Gasteiger partial charge in [0.25, 0.3) is 17.7 Å². The summed E-state index contributed by atoms with van der Waals surface area (Å²) in [7, 11) is 0. The Hall–Kier alpha value is -5.06. The van der Waals surface area contributed by atoms with E-state index in [2.05, 4.69) is 16.0 Å². The first-order valence-corrected chi connectivity index (χ1v) is 14.2. The molecule has 0 aliphatic carbocycles. The van der Waals surface area contributed by atoms with E-state index in [9.17, 15) is 19.2 Å². The van der Waals surface area contributed by atoms with E-state index in [0.717, 1.165) is 0 Å². The molecule has 0 spiro atoms. The number of ether oxygens (including phenoxy) is 1. The maximum absolute atomic E-state index is 12.8. The van der Waals surface area contributed by atoms with Gasteiger partial charge in [0.05, 0.1) is 15.3 Å². The number of carbonyl (C=O) groups excluding carboxylic acids is 4. The van der Waals surface area contributed by atoms with Crippen LogP contribution in [0, 0.1) is 0 Å². The van der Waals surface area contributed by atoms with Crippen molar-refractivity contribution < 1.29 is 23.9 Å². The Bertz CT molecular complexity index is 1660. The molecular formula is C31H23N3O5S2. The van der Waals surface area contributed by atoms with E-state index in [-0.39, 0.29) is 24.3 Å². The number of hydrogen-bond donors (Lipinski definition) is 3. The Morgan fingerprint density at radius 1 is 0.561 bits per heavy atom. The molecule has 0 fully saturated rings. The summed E-state index contributed by atoms with van der Waals surface area (Å²) in [5.41, 5.74) is 3.17. The third kappa shape index (κ3) is 7.33. The van der Waals surface area contributed by atoms with Crippen molar-refractivity contribution in [1.29, 1.82) is 0 Å². The molecule has 3 aromatic carbocycles. The molecule has 0 atom stereocenters. The molecule has 204 valence electrons. The molecule has 0 bridgehead atoms. The number of carbonyl (C=O) groups is 4. The fraction of sp³-hybridized carbons (Fsp3) is 0.0323. The van der Waals surface area contributed by atoms with Crippen LogP contribution in [0.1, 0.15) is 45.6 Å². The van der Waals surface area contributed by atoms with Gasteiger partial charge < -0.3 is 20.7 Å². The predicted octanol–water partition coefficient (Wildman–Crippen LogP) is 6.92. The van der Waals surface area contributed by atoms with Crippen LogP contribution >= 0.6 is 22.7 Å². The summed E-state index contributed by atoms with van der Waals surface area (Å²) in [6.45, 7) is 0.0119. The predicted molar refractivity (Wildman–Crippen MR) is 161 cm³/mol. The summed E-state index contributed by atoms with van der Waals surface area (Å²) in [6, 6.07) is 27.1. The average molecular weight is 582 g/mol. The Balaban J connectivity index is 1.12. The molecule has 5 rings (SSSR count). The minimum absolute atomic E-state index is 0.0119. The summed E-state index contributed by atoms with van der Waals surface area (Å²) in [5.74, 6) is -1.24. The van der Waals surface area contributed by atoms with Crippen molar-refractivity contribution in [2.24, 2.45) is 0 Å². The number of thiophene rings is 2. The number of esters is 1. The van der Waals surface area contributed by atoms with Gasteiger partial charge in [0.2, 0.25) is 0 Å². The largest absolute Gasteiger partial charge is 0.457 e. The van der Waals surface area contributed by atoms with Crippen LogP contribution in [-0.4, -0.2) is 23.7 Å². The molecule has 3 N–H and O–H groups in total. The van der Waals surface area contributed by atoms with Crippen molar-refractivity contribution >= 4 is 63.4 Å². The van der Waals surface area contributed by atoms with Gasteiger partial charge in [0.1, 0.15) is 6.61 Å². The van der Waals surface area contributed by atoms with Crippen LogP contribution in [0.15, 0.2) is 108 Å². The van der Waals surface area contributed by atoms with Gasteiger partial charge in [0, 0.05) is 22.6 Å². The van der Waals surface area contributed by atoms with Crippen LogP contribution in [0.3, 0.4) is 0 Å². The number of hydrogen-bond acceptors (Lipinski definition) is 7. The lowest BCUT2D eigenvalue weighted by atomic mass is 10.1. The van der Waals surface area contributed by atoms with Gasteiger partial charge in [-0.05, 0) is 89.1 Å². The highest BCUT2D eigenvalue weighted by molar-refractivity contribution is 7.12. The molecule has 8 nitrogen and oxygen atoms in total. The molecule has 0 unspecified atom stereocenters. The smallest absolute Gasteiger partial charge is 0.338 e. The number of anilines is 3. The molecule has 3 amide bonds. The van der Waals surface area contributed by atoms with E-state index < -0.39 is 5.97 Å². The van der Waals surface area contributed by atoms with Crippen LogP contribution in [0.5, 0.6) is 0 Å². The van der Waals surface area contributed by atoms with Crippen molar-refractivity contribution in [3.05, 3.63) is 134 Å². The molecule has 0 saturated carbocycles. The van der Waals surface area contributed by atoms with Crippen molar-refractivity contribution in [2.75, 3.05) is 16.0 Å². The molecular weight excluding hydrogens is 558 g/mol. The normalized spacial score (nSPS) is 10.4. The number of nitrogens with one attached hydrogen (secondary N) is 3. The molecule has 0 saturated heterocycles. The summed E-state index contributed by atoms with van der Waals surface area (Å²) < 4.78 is 5.44. The minimum Gasteiger partial charge on any atom is -0.457 e. The summed E-state index contributed by atoms with van der Waals surface area (Å²) in [4.78, 5) is 50.9. The van der Waals surface area contributed by atoms with E-state index in [1.165, 1.54) is 22.7 Å². The minimum atomic E-state index is -0.512. The van der Waals surface area contributed by atoms with Gasteiger partial charge in [-0.15, -0.1) is 22.7 Å². The van der Waals surface area contributed by atoms with Gasteiger partial charge in [-0.3, -0.25) is 14.4 Å². The van der Waals surface area contributed by atoms with Crippen LogP contribution in [0.25, 0.3) is 0 Å². The van der Waals surface area contributed by atoms with Crippen molar-refractivity contribution in [3.63, 3.8) is 0 Å². The lowest BCUT2D eigenvalue weighted by molar-refractivity contribution is 0.0472. The van der Waals surface area contributed by atoms with Gasteiger partial charge in [-0.1, -0.05) is 24.3 Å². The quantitative estimate of drug-likeness (QED) is 0.164. The number of benzene rings is 3. The maximum Gasteiger partial charge on any atom is 0.338 e. The molecule has 0 radical (unpaired) electrons. The van der Waals surface area contributed by atoms with Gasteiger partial charge >= 0.3 is 5.97 Å². The second-order valence-corrected chi connectivity index (χ2v) is 10.6. The fourth-order valence-electron chi connectivity index (χ4n) is 3.77. The second kappa shape index (κ2) is 12.9. The molecule has 2 heterocycles. The van der Waals surface area contributed by atoms with Crippen molar-refractivity contribution in [3.8, 4) is 0 Å². The molecule has 41 heavy (non-hydrogen) atoms. The third-order valence-electron chi connectivity index (χ3n) is 5.83. The highest BCUT2D eigenvalue weighted by atomic mass is 32.1. The highest BCUT2D eigenvalue weighted by Gasteiger charge is 2.12. The standard InChI is InChI=1S/C31H23N3O5S2/c35-28(21-8-12-23(13-9-21)32-29(36)26-6-2-16-40-26)34-25-5-1-4-20(18-25)19-39-31(38)22-10-14-24(15-11-22)33-30(37)27-7-3-17-41-27/h1-18H,19H2,(H,32,36)(H,33,37)(H,34,35). The molecule has 0 aliphatic heterocycles. The Labute approximate surface area is 243 Å². The molecule has 5 aromatic rings. The third-order valence-corrected chi connectivity index (χ3v) is 7.57. The summed E-state index contributed by atoms with van der Waals surface area (Å²) >= 11 is 2.70.